The van der Waals surface area contributed by atoms with Gasteiger partial charge in [0.15, 0.2) is 0 Å². The Morgan fingerprint density at radius 1 is 1.13 bits per heavy atom. The molecule has 8 heteroatoms. The number of aromatic nitrogens is 1. The summed E-state index contributed by atoms with van der Waals surface area (Å²) in [5, 5.41) is 3.90. The number of benzene rings is 2. The Morgan fingerprint density at radius 3 is 2.55 bits per heavy atom. The lowest BCUT2D eigenvalue weighted by molar-refractivity contribution is -0.161. The topological polar surface area (TPSA) is 118 Å². The Bertz CT molecular complexity index is 1280. The van der Waals surface area contributed by atoms with Gasteiger partial charge in [-0.25, -0.2) is 0 Å². The minimum absolute atomic E-state index is 0.227. The van der Waals surface area contributed by atoms with Gasteiger partial charge in [-0.1, -0.05) is 48.5 Å². The molecule has 0 spiro atoms. The van der Waals surface area contributed by atoms with Gasteiger partial charge in [0.25, 0.3) is 0 Å². The molecular weight excluding hydrogens is 480 g/mol. The predicted octanol–water partition coefficient (Wildman–Crippen LogP) is 3.35. The summed E-state index contributed by atoms with van der Waals surface area (Å²) in [7, 11) is 0. The molecule has 1 saturated heterocycles. The fourth-order valence-corrected chi connectivity index (χ4v) is 5.26. The average Bonchev–Trinajstić information content (AvgIpc) is 3.31. The molecule has 2 amide bonds. The molecule has 2 heterocycles. The zero-order chi connectivity index (χ0) is 27.3. The highest BCUT2D eigenvalue weighted by molar-refractivity contribution is 5.93. The lowest BCUT2D eigenvalue weighted by atomic mass is 9.75. The second-order valence-corrected chi connectivity index (χ2v) is 10.8. The molecule has 1 aliphatic rings. The summed E-state index contributed by atoms with van der Waals surface area (Å²) < 4.78 is 5.52. The SMILES string of the molecule is CCOC(=O)[C@]1(Cc2ccccc2)CCCN(C(=O)[C@@H](Cc2c[nH]c3ccccc23)NC(=O)C(C)(C)N)C1. The molecule has 202 valence electrons. The van der Waals surface area contributed by atoms with Crippen LogP contribution in [0.15, 0.2) is 60.8 Å². The van der Waals surface area contributed by atoms with Gasteiger partial charge in [-0.15, -0.1) is 0 Å². The first kappa shape index (κ1) is 27.4. The smallest absolute Gasteiger partial charge is 0.314 e. The largest absolute Gasteiger partial charge is 0.466 e. The first-order chi connectivity index (χ1) is 18.1. The Morgan fingerprint density at radius 2 is 1.84 bits per heavy atom. The van der Waals surface area contributed by atoms with E-state index in [0.717, 1.165) is 22.0 Å². The van der Waals surface area contributed by atoms with Crippen LogP contribution in [0.2, 0.25) is 0 Å². The number of likely N-dealkylation sites (tertiary alicyclic amines) is 1. The summed E-state index contributed by atoms with van der Waals surface area (Å²) in [6.07, 6.45) is 3.94. The van der Waals surface area contributed by atoms with Crippen molar-refractivity contribution in [2.45, 2.75) is 58.0 Å². The number of aromatic amines is 1. The number of esters is 1. The minimum Gasteiger partial charge on any atom is -0.466 e. The maximum atomic E-state index is 14.1. The number of nitrogens with zero attached hydrogens (tertiary/aromatic N) is 1. The monoisotopic (exact) mass is 518 g/mol. The van der Waals surface area contributed by atoms with Crippen LogP contribution >= 0.6 is 0 Å². The zero-order valence-electron chi connectivity index (χ0n) is 22.5. The van der Waals surface area contributed by atoms with E-state index < -0.39 is 22.9 Å². The van der Waals surface area contributed by atoms with E-state index in [1.807, 2.05) is 60.8 Å². The quantitative estimate of drug-likeness (QED) is 0.376. The average molecular weight is 519 g/mol. The van der Waals surface area contributed by atoms with Crippen molar-refractivity contribution in [3.05, 3.63) is 71.9 Å². The summed E-state index contributed by atoms with van der Waals surface area (Å²) in [5.74, 6) is -0.926. The van der Waals surface area contributed by atoms with E-state index in [0.29, 0.717) is 32.2 Å². The number of carbonyl (C=O) groups is 3. The minimum atomic E-state index is -1.15. The maximum Gasteiger partial charge on any atom is 0.314 e. The molecule has 0 unspecified atom stereocenters. The number of hydrogen-bond acceptors (Lipinski definition) is 5. The Balaban J connectivity index is 1.63. The van der Waals surface area contributed by atoms with Gasteiger partial charge in [0, 0.05) is 36.6 Å². The van der Waals surface area contributed by atoms with Crippen LogP contribution in [-0.4, -0.2) is 58.9 Å². The van der Waals surface area contributed by atoms with Crippen LogP contribution in [0.25, 0.3) is 10.9 Å². The van der Waals surface area contributed by atoms with Gasteiger partial charge in [0.2, 0.25) is 11.8 Å². The van der Waals surface area contributed by atoms with Crippen LogP contribution in [0.5, 0.6) is 0 Å². The van der Waals surface area contributed by atoms with E-state index >= 15 is 0 Å². The zero-order valence-corrected chi connectivity index (χ0v) is 22.5. The van der Waals surface area contributed by atoms with E-state index in [1.54, 1.807) is 25.7 Å². The van der Waals surface area contributed by atoms with Crippen molar-refractivity contribution in [2.75, 3.05) is 19.7 Å². The van der Waals surface area contributed by atoms with Crippen molar-refractivity contribution in [3.8, 4) is 0 Å². The first-order valence-corrected chi connectivity index (χ1v) is 13.3. The van der Waals surface area contributed by atoms with Crippen molar-refractivity contribution in [1.82, 2.24) is 15.2 Å². The van der Waals surface area contributed by atoms with Crippen molar-refractivity contribution in [1.29, 1.82) is 0 Å². The Hall–Kier alpha value is -3.65. The molecule has 0 aliphatic carbocycles. The fraction of sp³-hybridized carbons (Fsp3) is 0.433. The lowest BCUT2D eigenvalue weighted by Crippen LogP contribution is -2.59. The predicted molar refractivity (Wildman–Crippen MR) is 147 cm³/mol. The molecule has 8 nitrogen and oxygen atoms in total. The van der Waals surface area contributed by atoms with Gasteiger partial charge in [0.05, 0.1) is 17.6 Å². The molecule has 4 N–H and O–H groups in total. The molecule has 0 bridgehead atoms. The molecule has 0 saturated carbocycles. The van der Waals surface area contributed by atoms with Gasteiger partial charge in [-0.3, -0.25) is 14.4 Å². The molecule has 4 rings (SSSR count). The molecule has 1 fully saturated rings. The number of carbonyl (C=O) groups excluding carboxylic acids is 3. The summed E-state index contributed by atoms with van der Waals surface area (Å²) >= 11 is 0. The maximum absolute atomic E-state index is 14.1. The van der Waals surface area contributed by atoms with Gasteiger partial charge in [-0.05, 0) is 57.2 Å². The van der Waals surface area contributed by atoms with Crippen molar-refractivity contribution in [3.63, 3.8) is 0 Å². The second kappa shape index (κ2) is 11.4. The van der Waals surface area contributed by atoms with Crippen LogP contribution in [0, 0.1) is 5.41 Å². The van der Waals surface area contributed by atoms with Gasteiger partial charge < -0.3 is 25.7 Å². The number of hydrogen-bond donors (Lipinski definition) is 3. The van der Waals surface area contributed by atoms with Gasteiger partial charge in [0.1, 0.15) is 6.04 Å². The van der Waals surface area contributed by atoms with Crippen molar-refractivity contribution < 1.29 is 19.1 Å². The molecule has 1 aromatic heterocycles. The van der Waals surface area contributed by atoms with Crippen LogP contribution in [-0.2, 0) is 32.0 Å². The van der Waals surface area contributed by atoms with Crippen LogP contribution in [0.3, 0.4) is 0 Å². The van der Waals surface area contributed by atoms with E-state index in [-0.39, 0.29) is 25.0 Å². The number of para-hydroxylation sites is 1. The first-order valence-electron chi connectivity index (χ1n) is 13.3. The van der Waals surface area contributed by atoms with Crippen LogP contribution < -0.4 is 11.1 Å². The van der Waals surface area contributed by atoms with Crippen molar-refractivity contribution in [2.24, 2.45) is 11.1 Å². The molecule has 0 radical (unpaired) electrons. The summed E-state index contributed by atoms with van der Waals surface area (Å²) in [4.78, 5) is 45.3. The number of nitrogens with one attached hydrogen (secondary N) is 2. The second-order valence-electron chi connectivity index (χ2n) is 10.8. The molecule has 2 atom stereocenters. The fourth-order valence-electron chi connectivity index (χ4n) is 5.26. The number of nitrogens with two attached hydrogens (primary N) is 1. The van der Waals surface area contributed by atoms with E-state index in [9.17, 15) is 14.4 Å². The highest BCUT2D eigenvalue weighted by atomic mass is 16.5. The molecule has 2 aromatic carbocycles. The van der Waals surface area contributed by atoms with E-state index in [1.165, 1.54) is 0 Å². The number of fused-ring (bicyclic) bond motifs is 1. The van der Waals surface area contributed by atoms with Gasteiger partial charge in [-0.2, -0.15) is 0 Å². The van der Waals surface area contributed by atoms with E-state index in [4.69, 9.17) is 10.5 Å². The number of amides is 2. The van der Waals surface area contributed by atoms with Gasteiger partial charge >= 0.3 is 5.97 Å². The molecule has 3 aromatic rings. The number of H-pyrrole nitrogens is 1. The standard InChI is InChI=1S/C30H38N4O4/c1-4-38-28(37)30(18-21-11-6-5-7-12-21)15-10-16-34(20-30)26(35)25(33-27(36)29(2,3)31)17-22-19-32-24-14-9-8-13-23(22)24/h5-9,11-14,19,25,32H,4,10,15-18,20,31H2,1-3H3,(H,33,36)/t25-,30+/m1/s1. The summed E-state index contributed by atoms with van der Waals surface area (Å²) in [6, 6.07) is 16.8. The molecular formula is C30H38N4O4. The Labute approximate surface area is 223 Å². The summed E-state index contributed by atoms with van der Waals surface area (Å²) in [5.41, 5.74) is 6.96. The Kier molecular flexibility index (Phi) is 8.21. The normalized spacial score (nSPS) is 18.7. The highest BCUT2D eigenvalue weighted by Crippen LogP contribution is 2.36. The number of rotatable bonds is 9. The van der Waals surface area contributed by atoms with Crippen LogP contribution in [0.4, 0.5) is 0 Å². The third-order valence-electron chi connectivity index (χ3n) is 7.27. The lowest BCUT2D eigenvalue weighted by Gasteiger charge is -2.42. The molecule has 1 aliphatic heterocycles. The van der Waals surface area contributed by atoms with Crippen molar-refractivity contribution >= 4 is 28.7 Å². The molecule has 38 heavy (non-hydrogen) atoms. The highest BCUT2D eigenvalue weighted by Gasteiger charge is 2.46. The third kappa shape index (κ3) is 6.07. The van der Waals surface area contributed by atoms with Crippen LogP contribution in [0.1, 0.15) is 44.7 Å². The third-order valence-corrected chi connectivity index (χ3v) is 7.27. The summed E-state index contributed by atoms with van der Waals surface area (Å²) in [6.45, 7) is 6.02. The number of piperidine rings is 1. The van der Waals surface area contributed by atoms with E-state index in [2.05, 4.69) is 10.3 Å². The number of ether oxygens (including phenoxy) is 1.